The van der Waals surface area contributed by atoms with E-state index in [2.05, 4.69) is 20.4 Å². The first-order valence-corrected chi connectivity index (χ1v) is 11.0. The minimum atomic E-state index is -0.443. The molecule has 4 rings (SSSR count). The highest BCUT2D eigenvalue weighted by atomic mass is 35.5. The molecule has 3 heterocycles. The lowest BCUT2D eigenvalue weighted by atomic mass is 10.3. The van der Waals surface area contributed by atoms with Gasteiger partial charge in [0.1, 0.15) is 17.3 Å². The average molecular weight is 490 g/mol. The van der Waals surface area contributed by atoms with Gasteiger partial charge in [-0.3, -0.25) is 14.6 Å². The first-order chi connectivity index (χ1) is 15.3. The van der Waals surface area contributed by atoms with E-state index >= 15 is 0 Å². The van der Waals surface area contributed by atoms with Gasteiger partial charge in [0.25, 0.3) is 11.5 Å². The summed E-state index contributed by atoms with van der Waals surface area (Å²) in [4.78, 5) is 32.9. The molecular formula is C21H17Cl2N5O3S. The third-order valence-corrected chi connectivity index (χ3v) is 6.01. The molecule has 0 fully saturated rings. The molecule has 0 unspecified atom stereocenters. The number of nitrogens with zero attached hydrogens (tertiary/aromatic N) is 3. The fraction of sp³-hybridized carbons (Fsp3) is 0.143. The summed E-state index contributed by atoms with van der Waals surface area (Å²) in [5.74, 6) is 0.411. The summed E-state index contributed by atoms with van der Waals surface area (Å²) in [6.07, 6.45) is 0. The van der Waals surface area contributed by atoms with Crippen LogP contribution in [-0.2, 0) is 4.79 Å². The third-order valence-electron chi connectivity index (χ3n) is 4.59. The van der Waals surface area contributed by atoms with Crippen LogP contribution in [0.15, 0.2) is 46.6 Å². The SMILES string of the molecule is Cc1nc(-n2nc(-c3cccs3)cc2NC(=O)COc2ccc(Cl)cc2Cl)[nH]c(=O)c1C. The number of halogens is 2. The van der Waals surface area contributed by atoms with E-state index in [1.54, 1.807) is 32.0 Å². The van der Waals surface area contributed by atoms with Crippen LogP contribution in [0.5, 0.6) is 5.75 Å². The molecule has 0 spiro atoms. The normalized spacial score (nSPS) is 10.9. The van der Waals surface area contributed by atoms with Gasteiger partial charge in [0.15, 0.2) is 6.61 Å². The molecule has 32 heavy (non-hydrogen) atoms. The third kappa shape index (κ3) is 4.69. The number of aromatic amines is 1. The molecule has 8 nitrogen and oxygen atoms in total. The van der Waals surface area contributed by atoms with E-state index < -0.39 is 5.91 Å². The lowest BCUT2D eigenvalue weighted by molar-refractivity contribution is -0.118. The van der Waals surface area contributed by atoms with Crippen LogP contribution < -0.4 is 15.6 Å². The van der Waals surface area contributed by atoms with Crippen molar-refractivity contribution in [2.45, 2.75) is 13.8 Å². The van der Waals surface area contributed by atoms with Crippen LogP contribution in [0.2, 0.25) is 10.0 Å². The summed E-state index contributed by atoms with van der Waals surface area (Å²) in [6.45, 7) is 3.13. The van der Waals surface area contributed by atoms with E-state index in [-0.39, 0.29) is 18.1 Å². The summed E-state index contributed by atoms with van der Waals surface area (Å²) in [5, 5.41) is 9.98. The Morgan fingerprint density at radius 2 is 2.06 bits per heavy atom. The Kier molecular flexibility index (Phi) is 6.31. The number of aryl methyl sites for hydroxylation is 1. The first kappa shape index (κ1) is 22.1. The number of ether oxygens (including phenoxy) is 1. The van der Waals surface area contributed by atoms with Gasteiger partial charge in [0, 0.05) is 22.3 Å². The summed E-state index contributed by atoms with van der Waals surface area (Å²) in [5.41, 5.74) is 1.42. The van der Waals surface area contributed by atoms with Gasteiger partial charge in [-0.1, -0.05) is 29.3 Å². The van der Waals surface area contributed by atoms with Crippen LogP contribution in [0.1, 0.15) is 11.3 Å². The van der Waals surface area contributed by atoms with Crippen molar-refractivity contribution < 1.29 is 9.53 Å². The Hall–Kier alpha value is -3.14. The minimum absolute atomic E-state index is 0.192. The highest BCUT2D eigenvalue weighted by Gasteiger charge is 2.17. The van der Waals surface area contributed by atoms with Crippen molar-refractivity contribution in [2.24, 2.45) is 0 Å². The van der Waals surface area contributed by atoms with Crippen molar-refractivity contribution >= 4 is 46.3 Å². The zero-order valence-corrected chi connectivity index (χ0v) is 19.3. The predicted molar refractivity (Wildman–Crippen MR) is 125 cm³/mol. The maximum atomic E-state index is 12.6. The summed E-state index contributed by atoms with van der Waals surface area (Å²) >= 11 is 13.5. The largest absolute Gasteiger partial charge is 0.482 e. The number of aromatic nitrogens is 4. The van der Waals surface area contributed by atoms with E-state index in [9.17, 15) is 9.59 Å². The van der Waals surface area contributed by atoms with Crippen LogP contribution in [-0.4, -0.2) is 32.3 Å². The van der Waals surface area contributed by atoms with Crippen molar-refractivity contribution in [1.82, 2.24) is 19.7 Å². The number of nitrogens with one attached hydrogen (secondary N) is 2. The Balaban J connectivity index is 1.62. The number of benzene rings is 1. The van der Waals surface area contributed by atoms with Gasteiger partial charge in [-0.2, -0.15) is 9.78 Å². The maximum absolute atomic E-state index is 12.6. The van der Waals surface area contributed by atoms with Gasteiger partial charge in [-0.05, 0) is 43.5 Å². The Labute approximate surface area is 196 Å². The predicted octanol–water partition coefficient (Wildman–Crippen LogP) is 4.63. The van der Waals surface area contributed by atoms with Gasteiger partial charge < -0.3 is 10.1 Å². The highest BCUT2D eigenvalue weighted by Crippen LogP contribution is 2.29. The minimum Gasteiger partial charge on any atom is -0.482 e. The van der Waals surface area contributed by atoms with E-state index in [0.29, 0.717) is 38.6 Å². The molecule has 0 aliphatic rings. The van der Waals surface area contributed by atoms with Crippen LogP contribution in [0.25, 0.3) is 16.5 Å². The average Bonchev–Trinajstić information content (AvgIpc) is 3.41. The second kappa shape index (κ2) is 9.15. The molecule has 164 valence electrons. The molecule has 1 amide bonds. The summed E-state index contributed by atoms with van der Waals surface area (Å²) in [7, 11) is 0. The topological polar surface area (TPSA) is 102 Å². The molecule has 0 saturated heterocycles. The Morgan fingerprint density at radius 3 is 2.75 bits per heavy atom. The quantitative estimate of drug-likeness (QED) is 0.411. The van der Waals surface area contributed by atoms with E-state index in [1.807, 2.05) is 17.5 Å². The summed E-state index contributed by atoms with van der Waals surface area (Å²) in [6, 6.07) is 10.2. The van der Waals surface area contributed by atoms with Crippen molar-refractivity contribution in [3.05, 3.63) is 73.4 Å². The monoisotopic (exact) mass is 489 g/mol. The fourth-order valence-corrected chi connectivity index (χ4v) is 3.97. The number of anilines is 1. The molecule has 11 heteroatoms. The van der Waals surface area contributed by atoms with Gasteiger partial charge in [0.05, 0.1) is 9.90 Å². The Morgan fingerprint density at radius 1 is 1.25 bits per heavy atom. The van der Waals surface area contributed by atoms with Crippen LogP contribution in [0, 0.1) is 13.8 Å². The maximum Gasteiger partial charge on any atom is 0.263 e. The number of hydrogen-bond acceptors (Lipinski definition) is 6. The molecule has 0 atom stereocenters. The van der Waals surface area contributed by atoms with Crippen molar-refractivity contribution in [2.75, 3.05) is 11.9 Å². The smallest absolute Gasteiger partial charge is 0.263 e. The van der Waals surface area contributed by atoms with Crippen molar-refractivity contribution in [3.8, 4) is 22.3 Å². The first-order valence-electron chi connectivity index (χ1n) is 9.41. The zero-order chi connectivity index (χ0) is 22.8. The molecule has 2 N–H and O–H groups in total. The van der Waals surface area contributed by atoms with Crippen LogP contribution >= 0.6 is 34.5 Å². The number of rotatable bonds is 6. The van der Waals surface area contributed by atoms with Gasteiger partial charge in [0.2, 0.25) is 5.95 Å². The number of thiophene rings is 1. The van der Waals surface area contributed by atoms with Gasteiger partial charge in [-0.25, -0.2) is 4.98 Å². The summed E-state index contributed by atoms with van der Waals surface area (Å²) < 4.78 is 6.89. The lowest BCUT2D eigenvalue weighted by Crippen LogP contribution is -2.23. The fourth-order valence-electron chi connectivity index (χ4n) is 2.82. The number of carbonyl (C=O) groups excluding carboxylic acids is 1. The van der Waals surface area contributed by atoms with Gasteiger partial charge in [-0.15, -0.1) is 11.3 Å². The molecule has 1 aromatic carbocycles. The number of carbonyl (C=O) groups is 1. The molecule has 0 bridgehead atoms. The highest BCUT2D eigenvalue weighted by molar-refractivity contribution is 7.13. The molecule has 3 aromatic heterocycles. The Bertz CT molecular complexity index is 1350. The second-order valence-corrected chi connectivity index (χ2v) is 8.61. The zero-order valence-electron chi connectivity index (χ0n) is 17.0. The number of H-pyrrole nitrogens is 1. The van der Waals surface area contributed by atoms with E-state index in [0.717, 1.165) is 4.88 Å². The number of hydrogen-bond donors (Lipinski definition) is 2. The van der Waals surface area contributed by atoms with E-state index in [1.165, 1.54) is 22.1 Å². The standard InChI is InChI=1S/C21H17Cl2N5O3S/c1-11-12(2)24-21(26-20(11)30)28-18(9-15(27-28)17-4-3-7-32-17)25-19(29)10-31-16-6-5-13(22)8-14(16)23/h3-9H,10H2,1-2H3,(H,25,29)(H,24,26,30). The molecule has 0 radical (unpaired) electrons. The van der Waals surface area contributed by atoms with Crippen molar-refractivity contribution in [1.29, 1.82) is 0 Å². The molecule has 0 aliphatic heterocycles. The molecular weight excluding hydrogens is 473 g/mol. The molecule has 4 aromatic rings. The molecule has 0 saturated carbocycles. The number of amides is 1. The second-order valence-electron chi connectivity index (χ2n) is 6.82. The van der Waals surface area contributed by atoms with Crippen molar-refractivity contribution in [3.63, 3.8) is 0 Å². The van der Waals surface area contributed by atoms with Gasteiger partial charge >= 0.3 is 0 Å². The van der Waals surface area contributed by atoms with Crippen LogP contribution in [0.4, 0.5) is 5.82 Å². The molecule has 0 aliphatic carbocycles. The van der Waals surface area contributed by atoms with E-state index in [4.69, 9.17) is 27.9 Å². The lowest BCUT2D eigenvalue weighted by Gasteiger charge is -2.10. The van der Waals surface area contributed by atoms with Crippen LogP contribution in [0.3, 0.4) is 0 Å².